The van der Waals surface area contributed by atoms with E-state index in [0.29, 0.717) is 28.6 Å². The zero-order valence-electron chi connectivity index (χ0n) is 19.6. The van der Waals surface area contributed by atoms with Gasteiger partial charge in [-0.1, -0.05) is 20.8 Å². The topological polar surface area (TPSA) is 65.4 Å². The van der Waals surface area contributed by atoms with Crippen molar-refractivity contribution >= 4 is 28.6 Å². The molecule has 1 aliphatic rings. The monoisotopic (exact) mass is 475 g/mol. The first-order valence-corrected chi connectivity index (χ1v) is 11.2. The van der Waals surface area contributed by atoms with E-state index in [1.165, 1.54) is 31.4 Å². The molecule has 1 heterocycles. The lowest BCUT2D eigenvalue weighted by atomic mass is 9.70. The number of ether oxygens (including phenoxy) is 2. The highest BCUT2D eigenvalue weighted by molar-refractivity contribution is 5.94. The van der Waals surface area contributed by atoms with Crippen LogP contribution in [0.25, 0.3) is 11.0 Å². The predicted molar refractivity (Wildman–Crippen MR) is 123 cm³/mol. The van der Waals surface area contributed by atoms with Crippen molar-refractivity contribution in [1.82, 2.24) is 9.55 Å². The number of carbonyl (C=O) groups excluding carboxylic acids is 1. The number of fused-ring (bicyclic) bond motifs is 1. The van der Waals surface area contributed by atoms with Crippen molar-refractivity contribution in [2.45, 2.75) is 52.4 Å². The summed E-state index contributed by atoms with van der Waals surface area (Å²) in [7, 11) is 1.34. The van der Waals surface area contributed by atoms with E-state index in [9.17, 15) is 18.0 Å². The molecule has 2 atom stereocenters. The number of nitrogens with zero attached hydrogens (tertiary/aromatic N) is 2. The molecule has 2 aromatic carbocycles. The maximum atomic E-state index is 12.5. The van der Waals surface area contributed by atoms with E-state index in [-0.39, 0.29) is 17.2 Å². The fourth-order valence-electron chi connectivity index (χ4n) is 5.16. The third-order valence-electron chi connectivity index (χ3n) is 6.18. The summed E-state index contributed by atoms with van der Waals surface area (Å²) in [6, 6.07) is 10.9. The van der Waals surface area contributed by atoms with Crippen molar-refractivity contribution in [2.75, 3.05) is 12.4 Å². The molecular weight excluding hydrogens is 447 g/mol. The number of benzene rings is 2. The number of anilines is 2. The van der Waals surface area contributed by atoms with E-state index in [0.717, 1.165) is 24.8 Å². The Kier molecular flexibility index (Phi) is 6.22. The Morgan fingerprint density at radius 2 is 1.85 bits per heavy atom. The molecule has 0 aliphatic heterocycles. The summed E-state index contributed by atoms with van der Waals surface area (Å²) in [6.45, 7) is 6.74. The maximum Gasteiger partial charge on any atom is 0.573 e. The van der Waals surface area contributed by atoms with Gasteiger partial charge in [-0.15, -0.1) is 13.2 Å². The number of rotatable bonds is 5. The molecule has 1 fully saturated rings. The van der Waals surface area contributed by atoms with Crippen LogP contribution in [0, 0.1) is 11.3 Å². The van der Waals surface area contributed by atoms with Crippen LogP contribution in [0.4, 0.5) is 24.8 Å². The van der Waals surface area contributed by atoms with Gasteiger partial charge in [0.1, 0.15) is 5.75 Å². The van der Waals surface area contributed by atoms with Gasteiger partial charge in [-0.2, -0.15) is 0 Å². The third kappa shape index (κ3) is 5.29. The van der Waals surface area contributed by atoms with Gasteiger partial charge in [-0.25, -0.2) is 9.78 Å². The lowest BCUT2D eigenvalue weighted by Crippen LogP contribution is -2.29. The van der Waals surface area contributed by atoms with Gasteiger partial charge in [0.2, 0.25) is 5.95 Å². The number of nitrogens with one attached hydrogen (secondary N) is 1. The molecule has 4 rings (SSSR count). The fraction of sp³-hybridized carbons (Fsp3) is 0.440. The fourth-order valence-corrected chi connectivity index (χ4v) is 5.16. The van der Waals surface area contributed by atoms with Crippen LogP contribution < -0.4 is 10.1 Å². The Morgan fingerprint density at radius 3 is 2.47 bits per heavy atom. The average Bonchev–Trinajstić information content (AvgIpc) is 3.09. The number of carbonyl (C=O) groups is 1. The predicted octanol–water partition coefficient (Wildman–Crippen LogP) is 6.85. The zero-order valence-corrected chi connectivity index (χ0v) is 19.6. The second-order valence-corrected chi connectivity index (χ2v) is 9.76. The van der Waals surface area contributed by atoms with E-state index in [4.69, 9.17) is 9.72 Å². The molecular formula is C25H28F3N3O3. The van der Waals surface area contributed by atoms with Gasteiger partial charge in [0.25, 0.3) is 0 Å². The van der Waals surface area contributed by atoms with Crippen LogP contribution in [0.1, 0.15) is 56.4 Å². The molecule has 1 aromatic heterocycles. The van der Waals surface area contributed by atoms with Crippen molar-refractivity contribution in [3.63, 3.8) is 0 Å². The molecule has 3 aromatic rings. The smallest absolute Gasteiger partial charge is 0.465 e. The minimum atomic E-state index is -4.75. The van der Waals surface area contributed by atoms with Crippen molar-refractivity contribution < 1.29 is 27.4 Å². The van der Waals surface area contributed by atoms with Crippen LogP contribution in [0.5, 0.6) is 5.75 Å². The molecule has 1 N–H and O–H groups in total. The Balaban J connectivity index is 1.75. The van der Waals surface area contributed by atoms with Crippen LogP contribution in [0.2, 0.25) is 0 Å². The summed E-state index contributed by atoms with van der Waals surface area (Å²) in [5.74, 6) is 0.344. The second-order valence-electron chi connectivity index (χ2n) is 9.76. The molecule has 182 valence electrons. The molecule has 6 nitrogen and oxygen atoms in total. The normalized spacial score (nSPS) is 20.2. The highest BCUT2D eigenvalue weighted by Crippen LogP contribution is 2.46. The van der Waals surface area contributed by atoms with Crippen molar-refractivity contribution in [1.29, 1.82) is 0 Å². The van der Waals surface area contributed by atoms with Gasteiger partial charge in [0.15, 0.2) is 0 Å². The minimum absolute atomic E-state index is 0.131. The van der Waals surface area contributed by atoms with Crippen molar-refractivity contribution in [2.24, 2.45) is 11.3 Å². The summed E-state index contributed by atoms with van der Waals surface area (Å²) in [4.78, 5) is 16.9. The number of imidazole rings is 1. The van der Waals surface area contributed by atoms with Crippen LogP contribution in [-0.2, 0) is 4.74 Å². The molecule has 1 aliphatic carbocycles. The highest BCUT2D eigenvalue weighted by Gasteiger charge is 2.35. The van der Waals surface area contributed by atoms with E-state index in [1.807, 2.05) is 0 Å². The first-order valence-electron chi connectivity index (χ1n) is 11.2. The van der Waals surface area contributed by atoms with Crippen molar-refractivity contribution in [3.05, 3.63) is 48.0 Å². The molecule has 34 heavy (non-hydrogen) atoms. The lowest BCUT2D eigenvalue weighted by molar-refractivity contribution is -0.274. The summed E-state index contributed by atoms with van der Waals surface area (Å²) >= 11 is 0. The SMILES string of the molecule is COC(=O)c1ccc2nc(Nc3ccc(OC(F)(F)F)cc3)n(C3C[C@H](C)CC(C)(C)C3)c2c1. The van der Waals surface area contributed by atoms with Crippen LogP contribution in [0.15, 0.2) is 42.5 Å². The molecule has 0 amide bonds. The van der Waals surface area contributed by atoms with Crippen LogP contribution in [-0.4, -0.2) is 29.0 Å². The van der Waals surface area contributed by atoms with Crippen molar-refractivity contribution in [3.8, 4) is 5.75 Å². The Morgan fingerprint density at radius 1 is 1.15 bits per heavy atom. The Labute approximate surface area is 196 Å². The number of hydrogen-bond acceptors (Lipinski definition) is 5. The maximum absolute atomic E-state index is 12.5. The Hall–Kier alpha value is -3.23. The summed E-state index contributed by atoms with van der Waals surface area (Å²) < 4.78 is 48.4. The third-order valence-corrected chi connectivity index (χ3v) is 6.18. The zero-order chi connectivity index (χ0) is 24.7. The molecule has 1 saturated carbocycles. The van der Waals surface area contributed by atoms with Gasteiger partial charge in [0.05, 0.1) is 23.7 Å². The number of aromatic nitrogens is 2. The first-order chi connectivity index (χ1) is 15.9. The number of halogens is 3. The molecule has 0 saturated heterocycles. The minimum Gasteiger partial charge on any atom is -0.465 e. The molecule has 9 heteroatoms. The van der Waals surface area contributed by atoms with E-state index in [2.05, 4.69) is 35.4 Å². The number of methoxy groups -OCH3 is 1. The van der Waals surface area contributed by atoms with Gasteiger partial charge in [0, 0.05) is 11.7 Å². The largest absolute Gasteiger partial charge is 0.573 e. The first kappa shape index (κ1) is 23.9. The van der Waals surface area contributed by atoms with E-state index >= 15 is 0 Å². The summed E-state index contributed by atoms with van der Waals surface area (Å²) in [5, 5.41) is 3.25. The van der Waals surface area contributed by atoms with Gasteiger partial charge >= 0.3 is 12.3 Å². The van der Waals surface area contributed by atoms with Gasteiger partial charge in [-0.3, -0.25) is 0 Å². The highest BCUT2D eigenvalue weighted by atomic mass is 19.4. The van der Waals surface area contributed by atoms with E-state index in [1.54, 1.807) is 18.2 Å². The van der Waals surface area contributed by atoms with Crippen LogP contribution >= 0.6 is 0 Å². The quantitative estimate of drug-likeness (QED) is 0.409. The van der Waals surface area contributed by atoms with Gasteiger partial charge in [-0.05, 0) is 73.1 Å². The molecule has 0 bridgehead atoms. The molecule has 0 spiro atoms. The molecule has 1 unspecified atom stereocenters. The van der Waals surface area contributed by atoms with Crippen LogP contribution in [0.3, 0.4) is 0 Å². The summed E-state index contributed by atoms with van der Waals surface area (Å²) in [5.41, 5.74) is 2.65. The number of alkyl halides is 3. The number of esters is 1. The average molecular weight is 476 g/mol. The van der Waals surface area contributed by atoms with Gasteiger partial charge < -0.3 is 19.4 Å². The Bertz CT molecular complexity index is 1190. The lowest BCUT2D eigenvalue weighted by Gasteiger charge is -2.40. The van der Waals surface area contributed by atoms with E-state index < -0.39 is 12.3 Å². The molecule has 0 radical (unpaired) electrons. The second kappa shape index (κ2) is 8.85. The summed E-state index contributed by atoms with van der Waals surface area (Å²) in [6.07, 6.45) is -1.75. The number of hydrogen-bond donors (Lipinski definition) is 1. The standard InChI is InChI=1S/C25H28F3N3O3/c1-15-11-18(14-24(2,3)13-15)31-21-12-16(22(32)33-4)5-10-20(21)30-23(31)29-17-6-8-19(9-7-17)34-25(26,27)28/h5-10,12,15,18H,11,13-14H2,1-4H3,(H,29,30)/t15-,18?/m0/s1.